The first-order valence-corrected chi connectivity index (χ1v) is 4.79. The highest BCUT2D eigenvalue weighted by atomic mass is 35.5. The summed E-state index contributed by atoms with van der Waals surface area (Å²) in [7, 11) is 0. The molecule has 0 atom stereocenters. The predicted octanol–water partition coefficient (Wildman–Crippen LogP) is 2.67. The number of benzene rings is 1. The molecule has 0 fully saturated rings. The maximum Gasteiger partial charge on any atom is 0.336 e. The summed E-state index contributed by atoms with van der Waals surface area (Å²) in [5, 5.41) is 9.10. The number of thioether (sulfide) groups is 1. The van der Waals surface area contributed by atoms with E-state index in [-0.39, 0.29) is 0 Å². The quantitative estimate of drug-likeness (QED) is 0.605. The van der Waals surface area contributed by atoms with E-state index < -0.39 is 5.97 Å². The third-order valence-corrected chi connectivity index (χ3v) is 2.43. The SMILES string of the molecule is O=C(O)c1ccccc1SCCl. The second kappa shape index (κ2) is 4.38. The lowest BCUT2D eigenvalue weighted by Crippen LogP contribution is -1.97. The second-order valence-corrected chi connectivity index (χ2v) is 3.66. The second-order valence-electron chi connectivity index (χ2n) is 2.05. The summed E-state index contributed by atoms with van der Waals surface area (Å²) in [5.74, 6) is -0.914. The van der Waals surface area contributed by atoms with Crippen LogP contribution < -0.4 is 0 Å². The molecule has 12 heavy (non-hydrogen) atoms. The van der Waals surface area contributed by atoms with Gasteiger partial charge in [-0.05, 0) is 12.1 Å². The van der Waals surface area contributed by atoms with E-state index >= 15 is 0 Å². The summed E-state index contributed by atoms with van der Waals surface area (Å²) in [6.07, 6.45) is 0. The Morgan fingerprint density at radius 2 is 2.17 bits per heavy atom. The lowest BCUT2D eigenvalue weighted by atomic mass is 10.2. The standard InChI is InChI=1S/C8H7ClO2S/c9-5-12-7-4-2-1-3-6(7)8(10)11/h1-4H,5H2,(H,10,11). The number of halogens is 1. The molecule has 1 aromatic carbocycles. The fourth-order valence-electron chi connectivity index (χ4n) is 0.828. The van der Waals surface area contributed by atoms with Gasteiger partial charge in [-0.1, -0.05) is 12.1 Å². The molecular weight excluding hydrogens is 196 g/mol. The van der Waals surface area contributed by atoms with Crippen LogP contribution in [-0.2, 0) is 0 Å². The minimum absolute atomic E-state index is 0.308. The van der Waals surface area contributed by atoms with Crippen molar-refractivity contribution in [3.05, 3.63) is 29.8 Å². The first kappa shape index (κ1) is 9.42. The number of rotatable bonds is 3. The zero-order valence-corrected chi connectivity index (χ0v) is 7.73. The Morgan fingerprint density at radius 3 is 2.75 bits per heavy atom. The molecular formula is C8H7ClO2S. The van der Waals surface area contributed by atoms with Crippen molar-refractivity contribution in [3.63, 3.8) is 0 Å². The molecule has 4 heteroatoms. The van der Waals surface area contributed by atoms with Crippen LogP contribution in [-0.4, -0.2) is 16.3 Å². The number of hydrogen-bond donors (Lipinski definition) is 1. The zero-order valence-electron chi connectivity index (χ0n) is 6.16. The highest BCUT2D eigenvalue weighted by Crippen LogP contribution is 2.23. The maximum absolute atomic E-state index is 10.6. The van der Waals surface area contributed by atoms with Crippen molar-refractivity contribution in [2.75, 3.05) is 5.21 Å². The van der Waals surface area contributed by atoms with Crippen LogP contribution in [0.3, 0.4) is 0 Å². The first-order valence-electron chi connectivity index (χ1n) is 3.27. The van der Waals surface area contributed by atoms with Gasteiger partial charge >= 0.3 is 5.97 Å². The molecule has 0 spiro atoms. The molecule has 0 aromatic heterocycles. The van der Waals surface area contributed by atoms with Gasteiger partial charge in [-0.3, -0.25) is 0 Å². The molecule has 2 nitrogen and oxygen atoms in total. The highest BCUT2D eigenvalue weighted by Gasteiger charge is 2.07. The van der Waals surface area contributed by atoms with Crippen LogP contribution in [0, 0.1) is 0 Å². The Kier molecular flexibility index (Phi) is 3.44. The Labute approximate surface area is 79.5 Å². The van der Waals surface area contributed by atoms with Gasteiger partial charge < -0.3 is 5.11 Å². The van der Waals surface area contributed by atoms with E-state index in [0.717, 1.165) is 0 Å². The minimum Gasteiger partial charge on any atom is -0.478 e. The molecule has 0 aliphatic rings. The molecule has 0 radical (unpaired) electrons. The van der Waals surface area contributed by atoms with Crippen LogP contribution in [0.25, 0.3) is 0 Å². The lowest BCUT2D eigenvalue weighted by molar-refractivity contribution is 0.0693. The van der Waals surface area contributed by atoms with E-state index in [9.17, 15) is 4.79 Å². The zero-order chi connectivity index (χ0) is 8.97. The van der Waals surface area contributed by atoms with Gasteiger partial charge in [0.15, 0.2) is 0 Å². The Balaban J connectivity index is 3.00. The molecule has 0 saturated carbocycles. The summed E-state index contributed by atoms with van der Waals surface area (Å²) >= 11 is 6.80. The van der Waals surface area contributed by atoms with Crippen molar-refractivity contribution < 1.29 is 9.90 Å². The Morgan fingerprint density at radius 1 is 1.50 bits per heavy atom. The van der Waals surface area contributed by atoms with Crippen molar-refractivity contribution in [1.29, 1.82) is 0 Å². The van der Waals surface area contributed by atoms with Crippen LogP contribution in [0.5, 0.6) is 0 Å². The Bertz CT molecular complexity index is 288. The fraction of sp³-hybridized carbons (Fsp3) is 0.125. The maximum atomic E-state index is 10.6. The van der Waals surface area contributed by atoms with Gasteiger partial charge in [0.25, 0.3) is 0 Å². The van der Waals surface area contributed by atoms with Crippen LogP contribution >= 0.6 is 23.4 Å². The van der Waals surface area contributed by atoms with Gasteiger partial charge in [-0.2, -0.15) is 0 Å². The third-order valence-electron chi connectivity index (χ3n) is 1.33. The van der Waals surface area contributed by atoms with E-state index in [4.69, 9.17) is 16.7 Å². The molecule has 0 unspecified atom stereocenters. The summed E-state index contributed by atoms with van der Waals surface area (Å²) in [6, 6.07) is 6.80. The molecule has 0 heterocycles. The van der Waals surface area contributed by atoms with Crippen LogP contribution in [0.1, 0.15) is 10.4 Å². The van der Waals surface area contributed by atoms with Crippen molar-refractivity contribution >= 4 is 29.3 Å². The van der Waals surface area contributed by atoms with Crippen LogP contribution in [0.15, 0.2) is 29.2 Å². The van der Waals surface area contributed by atoms with Gasteiger partial charge in [-0.25, -0.2) is 4.79 Å². The third kappa shape index (κ3) is 2.16. The van der Waals surface area contributed by atoms with Crippen molar-refractivity contribution in [3.8, 4) is 0 Å². The largest absolute Gasteiger partial charge is 0.478 e. The van der Waals surface area contributed by atoms with Gasteiger partial charge in [0.2, 0.25) is 0 Å². The molecule has 0 amide bonds. The molecule has 0 bridgehead atoms. The lowest BCUT2D eigenvalue weighted by Gasteiger charge is -2.01. The number of carboxylic acids is 1. The molecule has 64 valence electrons. The predicted molar refractivity (Wildman–Crippen MR) is 50.0 cm³/mol. The van der Waals surface area contributed by atoms with Crippen molar-refractivity contribution in [2.24, 2.45) is 0 Å². The average Bonchev–Trinajstić information content (AvgIpc) is 2.05. The van der Waals surface area contributed by atoms with Crippen molar-refractivity contribution in [1.82, 2.24) is 0 Å². The molecule has 1 N–H and O–H groups in total. The van der Waals surface area contributed by atoms with E-state index in [1.807, 2.05) is 0 Å². The number of carbonyl (C=O) groups is 1. The Hall–Kier alpha value is -0.670. The topological polar surface area (TPSA) is 37.3 Å². The van der Waals surface area contributed by atoms with Gasteiger partial charge in [0.05, 0.1) is 10.8 Å². The molecule has 0 saturated heterocycles. The first-order chi connectivity index (χ1) is 5.75. The monoisotopic (exact) mass is 202 g/mol. The summed E-state index contributed by atoms with van der Waals surface area (Å²) < 4.78 is 0. The number of alkyl halides is 1. The van der Waals surface area contributed by atoms with Crippen LogP contribution in [0.4, 0.5) is 0 Å². The summed E-state index contributed by atoms with van der Waals surface area (Å²) in [4.78, 5) is 11.3. The van der Waals surface area contributed by atoms with Crippen LogP contribution in [0.2, 0.25) is 0 Å². The highest BCUT2D eigenvalue weighted by molar-refractivity contribution is 8.00. The molecule has 0 aliphatic carbocycles. The van der Waals surface area contributed by atoms with Gasteiger partial charge in [0, 0.05) is 4.90 Å². The fourth-order valence-corrected chi connectivity index (χ4v) is 1.78. The van der Waals surface area contributed by atoms with Gasteiger partial charge in [0.1, 0.15) is 0 Å². The van der Waals surface area contributed by atoms with Gasteiger partial charge in [-0.15, -0.1) is 23.4 Å². The smallest absolute Gasteiger partial charge is 0.336 e. The van der Waals surface area contributed by atoms with E-state index in [0.29, 0.717) is 15.7 Å². The number of hydrogen-bond acceptors (Lipinski definition) is 2. The van der Waals surface area contributed by atoms with E-state index in [1.54, 1.807) is 24.3 Å². The number of carboxylic acid groups (broad SMARTS) is 1. The average molecular weight is 203 g/mol. The van der Waals surface area contributed by atoms with E-state index in [1.165, 1.54) is 11.8 Å². The summed E-state index contributed by atoms with van der Waals surface area (Å²) in [5.41, 5.74) is 0.308. The van der Waals surface area contributed by atoms with E-state index in [2.05, 4.69) is 0 Å². The molecule has 1 aromatic rings. The van der Waals surface area contributed by atoms with Crippen molar-refractivity contribution in [2.45, 2.75) is 4.90 Å². The summed E-state index contributed by atoms with van der Waals surface area (Å²) in [6.45, 7) is 0. The molecule has 0 aliphatic heterocycles. The number of aromatic carboxylic acids is 1. The normalized spacial score (nSPS) is 9.75. The molecule has 1 rings (SSSR count). The minimum atomic E-state index is -0.914.